The largest absolute Gasteiger partial charge is 0.365 e. The van der Waals surface area contributed by atoms with Crippen LogP contribution in [-0.2, 0) is 4.79 Å². The van der Waals surface area contributed by atoms with Gasteiger partial charge in [-0.2, -0.15) is 0 Å². The van der Waals surface area contributed by atoms with E-state index in [0.717, 1.165) is 41.8 Å². The van der Waals surface area contributed by atoms with Crippen molar-refractivity contribution in [3.63, 3.8) is 0 Å². The van der Waals surface area contributed by atoms with Crippen molar-refractivity contribution in [2.45, 2.75) is 25.8 Å². The summed E-state index contributed by atoms with van der Waals surface area (Å²) in [7, 11) is 0. The number of carbonyl (C=O) groups excluding carboxylic acids is 1. The molecule has 1 unspecified atom stereocenters. The third kappa shape index (κ3) is 3.25. The number of nitrogens with zero attached hydrogens (tertiary/aromatic N) is 3. The molecule has 0 saturated carbocycles. The number of hydrogen-bond acceptors (Lipinski definition) is 4. The fourth-order valence-corrected chi connectivity index (χ4v) is 3.42. The third-order valence-corrected chi connectivity index (χ3v) is 4.82. The highest BCUT2D eigenvalue weighted by atomic mass is 16.2. The number of fused-ring (bicyclic) bond motifs is 1. The van der Waals surface area contributed by atoms with E-state index < -0.39 is 0 Å². The highest BCUT2D eigenvalue weighted by Gasteiger charge is 2.26. The van der Waals surface area contributed by atoms with E-state index in [2.05, 4.69) is 5.32 Å². The zero-order valence-corrected chi connectivity index (χ0v) is 14.9. The molecule has 4 rings (SSSR count). The van der Waals surface area contributed by atoms with Gasteiger partial charge in [-0.25, -0.2) is 9.97 Å². The minimum absolute atomic E-state index is 0.215. The molecule has 26 heavy (non-hydrogen) atoms. The molecule has 0 bridgehead atoms. The summed E-state index contributed by atoms with van der Waals surface area (Å²) in [4.78, 5) is 23.4. The highest BCUT2D eigenvalue weighted by molar-refractivity contribution is 5.90. The number of nitrogens with one attached hydrogen (secondary N) is 1. The van der Waals surface area contributed by atoms with Crippen LogP contribution in [0.15, 0.2) is 54.6 Å². The Kier molecular flexibility index (Phi) is 4.52. The predicted octanol–water partition coefficient (Wildman–Crippen LogP) is 3.72. The van der Waals surface area contributed by atoms with Crippen LogP contribution in [0, 0.1) is 0 Å². The van der Waals surface area contributed by atoms with Crippen molar-refractivity contribution in [3.8, 4) is 11.4 Å². The first-order chi connectivity index (χ1) is 12.7. The lowest BCUT2D eigenvalue weighted by molar-refractivity contribution is -0.129. The molecule has 1 N–H and O–H groups in total. The van der Waals surface area contributed by atoms with E-state index >= 15 is 0 Å². The van der Waals surface area contributed by atoms with Crippen molar-refractivity contribution in [1.82, 2.24) is 14.9 Å². The first kappa shape index (κ1) is 16.5. The van der Waals surface area contributed by atoms with Crippen LogP contribution in [0.4, 0.5) is 5.82 Å². The summed E-state index contributed by atoms with van der Waals surface area (Å²) in [6.07, 6.45) is 1.49. The Labute approximate surface area is 153 Å². The Morgan fingerprint density at radius 2 is 1.88 bits per heavy atom. The number of benzene rings is 2. The van der Waals surface area contributed by atoms with Gasteiger partial charge in [0.05, 0.1) is 5.52 Å². The first-order valence-electron chi connectivity index (χ1n) is 9.11. The van der Waals surface area contributed by atoms with Crippen molar-refractivity contribution in [3.05, 3.63) is 54.6 Å². The van der Waals surface area contributed by atoms with Crippen LogP contribution >= 0.6 is 0 Å². The quantitative estimate of drug-likeness (QED) is 0.782. The Morgan fingerprint density at radius 3 is 2.69 bits per heavy atom. The molecule has 0 aliphatic carbocycles. The monoisotopic (exact) mass is 346 g/mol. The summed E-state index contributed by atoms with van der Waals surface area (Å²) < 4.78 is 0. The van der Waals surface area contributed by atoms with Crippen molar-refractivity contribution in [1.29, 1.82) is 0 Å². The molecule has 1 atom stereocenters. The predicted molar refractivity (Wildman–Crippen MR) is 104 cm³/mol. The fourth-order valence-electron chi connectivity index (χ4n) is 3.42. The van der Waals surface area contributed by atoms with Gasteiger partial charge < -0.3 is 10.2 Å². The minimum Gasteiger partial charge on any atom is -0.365 e. The summed E-state index contributed by atoms with van der Waals surface area (Å²) in [6.45, 7) is 3.44. The molecule has 1 aliphatic heterocycles. The van der Waals surface area contributed by atoms with Gasteiger partial charge >= 0.3 is 0 Å². The van der Waals surface area contributed by atoms with Gasteiger partial charge in [-0.3, -0.25) is 4.79 Å². The van der Waals surface area contributed by atoms with Gasteiger partial charge in [0.2, 0.25) is 5.91 Å². The Balaban J connectivity index is 1.67. The lowest BCUT2D eigenvalue weighted by atomic mass is 10.1. The van der Waals surface area contributed by atoms with E-state index in [0.29, 0.717) is 12.2 Å². The van der Waals surface area contributed by atoms with Crippen LogP contribution in [0.5, 0.6) is 0 Å². The molecule has 5 heteroatoms. The maximum atomic E-state index is 11.9. The topological polar surface area (TPSA) is 58.1 Å². The highest BCUT2D eigenvalue weighted by Crippen LogP contribution is 2.26. The molecule has 1 fully saturated rings. The Bertz CT molecular complexity index is 926. The van der Waals surface area contributed by atoms with E-state index in [-0.39, 0.29) is 11.9 Å². The smallest absolute Gasteiger partial charge is 0.222 e. The molecular formula is C21H22N4O. The second-order valence-corrected chi connectivity index (χ2v) is 6.60. The fraction of sp³-hybridized carbons (Fsp3) is 0.286. The molecule has 1 aliphatic rings. The SMILES string of the molecule is CCC(=O)N1CCC(Nc2nc(-c3ccccc3)nc3ccccc23)C1. The van der Waals surface area contributed by atoms with E-state index in [9.17, 15) is 4.79 Å². The molecule has 1 aromatic heterocycles. The Morgan fingerprint density at radius 1 is 1.12 bits per heavy atom. The summed E-state index contributed by atoms with van der Waals surface area (Å²) in [5, 5.41) is 4.56. The van der Waals surface area contributed by atoms with Gasteiger partial charge in [0.25, 0.3) is 0 Å². The molecule has 0 spiro atoms. The number of rotatable bonds is 4. The minimum atomic E-state index is 0.215. The van der Waals surface area contributed by atoms with Crippen molar-refractivity contribution in [2.24, 2.45) is 0 Å². The lowest BCUT2D eigenvalue weighted by Gasteiger charge is -2.18. The Hall–Kier alpha value is -2.95. The number of hydrogen-bond donors (Lipinski definition) is 1. The molecule has 2 heterocycles. The number of para-hydroxylation sites is 1. The summed E-state index contributed by atoms with van der Waals surface area (Å²) >= 11 is 0. The van der Waals surface area contributed by atoms with Crippen LogP contribution in [0.3, 0.4) is 0 Å². The second kappa shape index (κ2) is 7.12. The van der Waals surface area contributed by atoms with Crippen LogP contribution in [0.25, 0.3) is 22.3 Å². The van der Waals surface area contributed by atoms with Crippen LogP contribution < -0.4 is 5.32 Å². The van der Waals surface area contributed by atoms with E-state index in [1.165, 1.54) is 0 Å². The molecule has 2 aromatic carbocycles. The average molecular weight is 346 g/mol. The summed E-state index contributed by atoms with van der Waals surface area (Å²) in [5.74, 6) is 1.77. The van der Waals surface area contributed by atoms with E-state index in [1.54, 1.807) is 0 Å². The van der Waals surface area contributed by atoms with Crippen molar-refractivity contribution >= 4 is 22.6 Å². The second-order valence-electron chi connectivity index (χ2n) is 6.60. The molecule has 132 valence electrons. The van der Waals surface area contributed by atoms with Gasteiger partial charge in [-0.15, -0.1) is 0 Å². The van der Waals surface area contributed by atoms with E-state index in [4.69, 9.17) is 9.97 Å². The zero-order valence-electron chi connectivity index (χ0n) is 14.9. The third-order valence-electron chi connectivity index (χ3n) is 4.82. The number of anilines is 1. The molecular weight excluding hydrogens is 324 g/mol. The van der Waals surface area contributed by atoms with Crippen molar-refractivity contribution in [2.75, 3.05) is 18.4 Å². The molecule has 5 nitrogen and oxygen atoms in total. The molecule has 0 radical (unpaired) electrons. The zero-order chi connectivity index (χ0) is 17.9. The standard InChI is InChI=1S/C21H22N4O/c1-2-19(26)25-13-12-16(14-25)22-21-17-10-6-7-11-18(17)23-20(24-21)15-8-4-3-5-9-15/h3-11,16H,2,12-14H2,1H3,(H,22,23,24). The summed E-state index contributed by atoms with van der Waals surface area (Å²) in [6, 6.07) is 18.3. The average Bonchev–Trinajstić information content (AvgIpc) is 3.16. The number of amides is 1. The van der Waals surface area contributed by atoms with E-state index in [1.807, 2.05) is 66.4 Å². The van der Waals surface area contributed by atoms with Crippen molar-refractivity contribution < 1.29 is 4.79 Å². The summed E-state index contributed by atoms with van der Waals surface area (Å²) in [5.41, 5.74) is 1.92. The van der Waals surface area contributed by atoms with Crippen LogP contribution in [0.2, 0.25) is 0 Å². The molecule has 1 amide bonds. The van der Waals surface area contributed by atoms with Crippen LogP contribution in [-0.4, -0.2) is 39.9 Å². The van der Waals surface area contributed by atoms with Gasteiger partial charge in [-0.1, -0.05) is 49.4 Å². The lowest BCUT2D eigenvalue weighted by Crippen LogP contribution is -2.31. The van der Waals surface area contributed by atoms with Gasteiger partial charge in [-0.05, 0) is 18.6 Å². The van der Waals surface area contributed by atoms with Crippen LogP contribution in [0.1, 0.15) is 19.8 Å². The number of likely N-dealkylation sites (tertiary alicyclic amines) is 1. The van der Waals surface area contributed by atoms with Gasteiger partial charge in [0.15, 0.2) is 5.82 Å². The van der Waals surface area contributed by atoms with Gasteiger partial charge in [0, 0.05) is 36.5 Å². The molecule has 1 saturated heterocycles. The molecule has 3 aromatic rings. The normalized spacial score (nSPS) is 16.8. The van der Waals surface area contributed by atoms with Gasteiger partial charge in [0.1, 0.15) is 5.82 Å². The number of carbonyl (C=O) groups is 1. The number of aromatic nitrogens is 2. The maximum Gasteiger partial charge on any atom is 0.222 e. The first-order valence-corrected chi connectivity index (χ1v) is 9.11. The maximum absolute atomic E-state index is 11.9.